The molecule has 3 N–H and O–H groups in total. The lowest BCUT2D eigenvalue weighted by atomic mass is 9.70. The molecule has 4 rings (SSSR count). The lowest BCUT2D eigenvalue weighted by Gasteiger charge is -2.39. The van der Waals surface area contributed by atoms with E-state index in [1.165, 1.54) is 96.3 Å². The molecule has 4 aliphatic rings. The zero-order valence-electron chi connectivity index (χ0n) is 27.0. The van der Waals surface area contributed by atoms with Crippen molar-refractivity contribution in [2.75, 3.05) is 32.7 Å². The van der Waals surface area contributed by atoms with E-state index in [1.807, 2.05) is 0 Å². The van der Waals surface area contributed by atoms with E-state index in [0.717, 1.165) is 68.3 Å². The number of hydrogen-bond donors (Lipinski definition) is 2. The molecule has 0 bridgehead atoms. The maximum atomic E-state index is 9.25. The Balaban J connectivity index is 1.26. The van der Waals surface area contributed by atoms with Crippen molar-refractivity contribution in [2.24, 2.45) is 39.8 Å². The van der Waals surface area contributed by atoms with Gasteiger partial charge in [0.2, 0.25) is 0 Å². The van der Waals surface area contributed by atoms with Crippen LogP contribution in [0.15, 0.2) is 4.99 Å². The minimum absolute atomic E-state index is 0.438. The van der Waals surface area contributed by atoms with Crippen LogP contribution in [0.2, 0.25) is 0 Å². The van der Waals surface area contributed by atoms with Crippen LogP contribution in [0.1, 0.15) is 131 Å². The van der Waals surface area contributed by atoms with E-state index >= 15 is 0 Å². The SMILES string of the molecule is CC(C)CCCN1C(N)=NC[C@@H]1CCCCN1C[C@@H](CC2CCCCC2)N(CC2CCC(C(C)(C)C)CC2)C1=N. The van der Waals surface area contributed by atoms with Crippen molar-refractivity contribution in [2.45, 2.75) is 143 Å². The van der Waals surface area contributed by atoms with Gasteiger partial charge in [0.1, 0.15) is 0 Å². The summed E-state index contributed by atoms with van der Waals surface area (Å²) in [7, 11) is 0. The molecule has 40 heavy (non-hydrogen) atoms. The van der Waals surface area contributed by atoms with Gasteiger partial charge in [-0.25, -0.2) is 0 Å². The van der Waals surface area contributed by atoms with Crippen molar-refractivity contribution < 1.29 is 0 Å². The normalized spacial score (nSPS) is 28.7. The zero-order chi connectivity index (χ0) is 28.7. The van der Waals surface area contributed by atoms with Crippen LogP contribution in [0, 0.1) is 34.5 Å². The predicted octanol–water partition coefficient (Wildman–Crippen LogP) is 7.34. The van der Waals surface area contributed by atoms with Gasteiger partial charge in [-0.15, -0.1) is 0 Å². The van der Waals surface area contributed by atoms with Gasteiger partial charge < -0.3 is 20.4 Å². The van der Waals surface area contributed by atoms with Crippen LogP contribution in [0.25, 0.3) is 0 Å². The molecule has 3 fully saturated rings. The summed E-state index contributed by atoms with van der Waals surface area (Å²) in [4.78, 5) is 12.0. The summed E-state index contributed by atoms with van der Waals surface area (Å²) < 4.78 is 0. The third-order valence-electron chi connectivity index (χ3n) is 10.9. The maximum Gasteiger partial charge on any atom is 0.194 e. The molecule has 2 saturated carbocycles. The minimum Gasteiger partial charge on any atom is -0.370 e. The highest BCUT2D eigenvalue weighted by atomic mass is 15.4. The first-order valence-corrected chi connectivity index (χ1v) is 17.3. The summed E-state index contributed by atoms with van der Waals surface area (Å²) in [5.74, 6) is 4.84. The lowest BCUT2D eigenvalue weighted by Crippen LogP contribution is -2.41. The van der Waals surface area contributed by atoms with Gasteiger partial charge in [0, 0.05) is 32.2 Å². The second kappa shape index (κ2) is 14.6. The minimum atomic E-state index is 0.438. The van der Waals surface area contributed by atoms with Crippen molar-refractivity contribution in [3.8, 4) is 0 Å². The number of nitrogens with two attached hydrogens (primary N) is 1. The van der Waals surface area contributed by atoms with Crippen molar-refractivity contribution >= 4 is 11.9 Å². The van der Waals surface area contributed by atoms with Crippen LogP contribution in [-0.4, -0.2) is 71.4 Å². The van der Waals surface area contributed by atoms with E-state index in [2.05, 4.69) is 54.3 Å². The second-order valence-electron chi connectivity index (χ2n) is 15.5. The molecule has 0 spiro atoms. The van der Waals surface area contributed by atoms with Crippen LogP contribution in [-0.2, 0) is 0 Å². The van der Waals surface area contributed by atoms with Gasteiger partial charge in [0.25, 0.3) is 0 Å². The highest BCUT2D eigenvalue weighted by molar-refractivity contribution is 5.80. The highest BCUT2D eigenvalue weighted by Crippen LogP contribution is 2.41. The average Bonchev–Trinajstić information content (AvgIpc) is 3.41. The summed E-state index contributed by atoms with van der Waals surface area (Å²) in [6.45, 7) is 17.0. The highest BCUT2D eigenvalue weighted by Gasteiger charge is 2.38. The zero-order valence-corrected chi connectivity index (χ0v) is 27.0. The van der Waals surface area contributed by atoms with Gasteiger partial charge in [-0.1, -0.05) is 66.7 Å². The molecule has 1 saturated heterocycles. The quantitative estimate of drug-likeness (QED) is 0.233. The van der Waals surface area contributed by atoms with Gasteiger partial charge in [0.05, 0.1) is 12.6 Å². The molecule has 2 atom stereocenters. The smallest absolute Gasteiger partial charge is 0.194 e. The molecule has 0 amide bonds. The monoisotopic (exact) mass is 557 g/mol. The summed E-state index contributed by atoms with van der Waals surface area (Å²) in [5.41, 5.74) is 6.69. The molecule has 2 heterocycles. The number of rotatable bonds is 13. The van der Waals surface area contributed by atoms with Crippen molar-refractivity contribution in [1.82, 2.24) is 14.7 Å². The molecule has 0 aromatic rings. The first kappa shape index (κ1) is 31.5. The number of guanidine groups is 2. The van der Waals surface area contributed by atoms with E-state index in [9.17, 15) is 5.41 Å². The standard InChI is InChI=1S/C34H64N6/c1-26(2)12-11-21-39-30(23-37-32(39)35)15-9-10-20-38-25-31(22-27-13-7-6-8-14-27)40(33(38)36)24-28-16-18-29(19-17-28)34(3,4)5/h26-31,36H,6-25H2,1-5H3,(H2,35,37)/t28?,29?,30-,31+/m0/s1. The average molecular weight is 557 g/mol. The topological polar surface area (TPSA) is 72.0 Å². The van der Waals surface area contributed by atoms with Crippen molar-refractivity contribution in [3.05, 3.63) is 0 Å². The first-order chi connectivity index (χ1) is 19.1. The van der Waals surface area contributed by atoms with Crippen LogP contribution >= 0.6 is 0 Å². The molecule has 0 aromatic heterocycles. The lowest BCUT2D eigenvalue weighted by molar-refractivity contribution is 0.131. The number of nitrogens with zero attached hydrogens (tertiary/aromatic N) is 4. The molecule has 6 heteroatoms. The van der Waals surface area contributed by atoms with Crippen molar-refractivity contribution in [1.29, 1.82) is 5.41 Å². The number of unbranched alkanes of at least 4 members (excludes halogenated alkanes) is 1. The fraction of sp³-hybridized carbons (Fsp3) is 0.941. The Morgan fingerprint density at radius 3 is 2.27 bits per heavy atom. The summed E-state index contributed by atoms with van der Waals surface area (Å²) in [6.07, 6.45) is 19.8. The summed E-state index contributed by atoms with van der Waals surface area (Å²) >= 11 is 0. The first-order valence-electron chi connectivity index (χ1n) is 17.3. The van der Waals surface area contributed by atoms with E-state index in [4.69, 9.17) is 5.73 Å². The molecular formula is C34H64N6. The Kier molecular flexibility index (Phi) is 11.5. The van der Waals surface area contributed by atoms with Crippen LogP contribution in [0.4, 0.5) is 0 Å². The number of hydrogen-bond acceptors (Lipinski definition) is 4. The molecule has 2 aliphatic carbocycles. The number of nitrogens with one attached hydrogen (secondary N) is 1. The molecule has 6 nitrogen and oxygen atoms in total. The Labute approximate surface area is 247 Å². The van der Waals surface area contributed by atoms with Crippen LogP contribution < -0.4 is 5.73 Å². The predicted molar refractivity (Wildman–Crippen MR) is 171 cm³/mol. The fourth-order valence-electron chi connectivity index (χ4n) is 8.20. The van der Waals surface area contributed by atoms with Crippen molar-refractivity contribution in [3.63, 3.8) is 0 Å². The second-order valence-corrected chi connectivity index (χ2v) is 15.5. The van der Waals surface area contributed by atoms with Gasteiger partial charge >= 0.3 is 0 Å². The van der Waals surface area contributed by atoms with Gasteiger partial charge in [-0.05, 0) is 93.3 Å². The Bertz CT molecular complexity index is 802. The molecule has 2 aliphatic heterocycles. The molecular weight excluding hydrogens is 492 g/mol. The van der Waals surface area contributed by atoms with Gasteiger partial charge in [0.15, 0.2) is 11.9 Å². The molecule has 0 radical (unpaired) electrons. The molecule has 230 valence electrons. The van der Waals surface area contributed by atoms with E-state index in [0.29, 0.717) is 17.5 Å². The Morgan fingerprint density at radius 2 is 1.60 bits per heavy atom. The number of aliphatic imine (C=N–C) groups is 1. The van der Waals surface area contributed by atoms with E-state index in [1.54, 1.807) is 0 Å². The fourth-order valence-corrected chi connectivity index (χ4v) is 8.20. The van der Waals surface area contributed by atoms with Gasteiger partial charge in [-0.2, -0.15) is 0 Å². The third-order valence-corrected chi connectivity index (χ3v) is 10.9. The van der Waals surface area contributed by atoms with Gasteiger partial charge in [-0.3, -0.25) is 10.4 Å². The van der Waals surface area contributed by atoms with Crippen LogP contribution in [0.5, 0.6) is 0 Å². The third kappa shape index (κ3) is 8.77. The molecule has 0 unspecified atom stereocenters. The largest absolute Gasteiger partial charge is 0.370 e. The Hall–Kier alpha value is -1.46. The molecule has 0 aromatic carbocycles. The Morgan fingerprint density at radius 1 is 0.875 bits per heavy atom. The van der Waals surface area contributed by atoms with Crippen LogP contribution in [0.3, 0.4) is 0 Å². The maximum absolute atomic E-state index is 9.25. The summed E-state index contributed by atoms with van der Waals surface area (Å²) in [5, 5.41) is 9.25. The summed E-state index contributed by atoms with van der Waals surface area (Å²) in [6, 6.07) is 1.03. The van der Waals surface area contributed by atoms with E-state index < -0.39 is 0 Å². The van der Waals surface area contributed by atoms with E-state index in [-0.39, 0.29) is 0 Å².